The summed E-state index contributed by atoms with van der Waals surface area (Å²) < 4.78 is 22.9. The summed E-state index contributed by atoms with van der Waals surface area (Å²) in [5.41, 5.74) is 0. The van der Waals surface area contributed by atoms with Gasteiger partial charge in [0.2, 0.25) is 0 Å². The fourth-order valence-corrected chi connectivity index (χ4v) is 4.78. The molecule has 4 nitrogen and oxygen atoms in total. The van der Waals surface area contributed by atoms with Crippen molar-refractivity contribution in [3.05, 3.63) is 0 Å². The first-order chi connectivity index (χ1) is 8.11. The van der Waals surface area contributed by atoms with Gasteiger partial charge in [-0.1, -0.05) is 0 Å². The number of hydrogen-bond acceptors (Lipinski definition) is 4. The Morgan fingerprint density at radius 2 is 1.94 bits per heavy atom. The van der Waals surface area contributed by atoms with Crippen molar-refractivity contribution in [3.63, 3.8) is 0 Å². The second kappa shape index (κ2) is 5.67. The molecule has 0 aromatic rings. The maximum Gasteiger partial charge on any atom is 0.151 e. The summed E-state index contributed by atoms with van der Waals surface area (Å²) in [7, 11) is -0.726. The van der Waals surface area contributed by atoms with Crippen LogP contribution >= 0.6 is 0 Å². The molecule has 1 unspecified atom stereocenters. The third-order valence-electron chi connectivity index (χ3n) is 4.18. The number of likely N-dealkylation sites (tertiary alicyclic amines) is 1. The van der Waals surface area contributed by atoms with Gasteiger partial charge in [0.05, 0.1) is 11.5 Å². The van der Waals surface area contributed by atoms with Crippen LogP contribution in [0.4, 0.5) is 0 Å². The van der Waals surface area contributed by atoms with Gasteiger partial charge in [0.15, 0.2) is 9.84 Å². The quantitative estimate of drug-likeness (QED) is 0.799. The lowest BCUT2D eigenvalue weighted by atomic mass is 9.92. The topological polar surface area (TPSA) is 49.4 Å². The Morgan fingerprint density at radius 3 is 2.47 bits per heavy atom. The molecule has 2 heterocycles. The summed E-state index contributed by atoms with van der Waals surface area (Å²) in [6.07, 6.45) is 4.58. The van der Waals surface area contributed by atoms with E-state index in [1.54, 1.807) is 0 Å². The zero-order chi connectivity index (χ0) is 12.3. The first-order valence-electron chi connectivity index (χ1n) is 6.70. The van der Waals surface area contributed by atoms with Crippen LogP contribution in [0.2, 0.25) is 0 Å². The molecule has 0 aromatic carbocycles. The zero-order valence-electron chi connectivity index (χ0n) is 10.7. The minimum Gasteiger partial charge on any atom is -0.320 e. The van der Waals surface area contributed by atoms with E-state index in [9.17, 15) is 8.42 Å². The molecule has 0 spiro atoms. The molecule has 1 N–H and O–H groups in total. The van der Waals surface area contributed by atoms with E-state index in [2.05, 4.69) is 10.2 Å². The maximum atomic E-state index is 11.5. The highest BCUT2D eigenvalue weighted by Crippen LogP contribution is 2.25. The van der Waals surface area contributed by atoms with Crippen molar-refractivity contribution in [3.8, 4) is 0 Å². The fourth-order valence-electron chi connectivity index (χ4n) is 3.02. The lowest BCUT2D eigenvalue weighted by Gasteiger charge is -2.35. The smallest absolute Gasteiger partial charge is 0.151 e. The Balaban J connectivity index is 1.76. The van der Waals surface area contributed by atoms with E-state index in [4.69, 9.17) is 0 Å². The van der Waals surface area contributed by atoms with Gasteiger partial charge in [0, 0.05) is 6.04 Å². The van der Waals surface area contributed by atoms with Gasteiger partial charge in [-0.15, -0.1) is 0 Å². The molecule has 0 radical (unpaired) electrons. The largest absolute Gasteiger partial charge is 0.320 e. The normalized spacial score (nSPS) is 30.8. The fraction of sp³-hybridized carbons (Fsp3) is 1.00. The number of hydrogen-bond donors (Lipinski definition) is 1. The van der Waals surface area contributed by atoms with E-state index in [-0.39, 0.29) is 0 Å². The van der Waals surface area contributed by atoms with Crippen molar-refractivity contribution < 1.29 is 8.42 Å². The maximum absolute atomic E-state index is 11.5. The average Bonchev–Trinajstić information content (AvgIpc) is 2.68. The average molecular weight is 260 g/mol. The van der Waals surface area contributed by atoms with Crippen molar-refractivity contribution in [2.75, 3.05) is 38.2 Å². The van der Waals surface area contributed by atoms with Gasteiger partial charge >= 0.3 is 0 Å². The minimum atomic E-state index is -2.72. The third kappa shape index (κ3) is 3.66. The van der Waals surface area contributed by atoms with E-state index < -0.39 is 9.84 Å². The van der Waals surface area contributed by atoms with Gasteiger partial charge in [0.1, 0.15) is 0 Å². The second-order valence-electron chi connectivity index (χ2n) is 5.43. The van der Waals surface area contributed by atoms with Crippen LogP contribution in [0, 0.1) is 5.92 Å². The Labute approximate surface area is 105 Å². The summed E-state index contributed by atoms with van der Waals surface area (Å²) in [4.78, 5) is 2.40. The molecule has 0 saturated carbocycles. The summed E-state index contributed by atoms with van der Waals surface area (Å²) in [5.74, 6) is 1.63. The van der Waals surface area contributed by atoms with Crippen molar-refractivity contribution in [1.82, 2.24) is 10.2 Å². The van der Waals surface area contributed by atoms with Crippen LogP contribution in [-0.2, 0) is 9.84 Å². The van der Waals surface area contributed by atoms with Crippen LogP contribution < -0.4 is 5.32 Å². The lowest BCUT2D eigenvalue weighted by molar-refractivity contribution is 0.140. The predicted molar refractivity (Wildman–Crippen MR) is 69.9 cm³/mol. The molecule has 2 aliphatic heterocycles. The highest BCUT2D eigenvalue weighted by atomic mass is 32.2. The van der Waals surface area contributed by atoms with Crippen LogP contribution in [0.15, 0.2) is 0 Å². The lowest BCUT2D eigenvalue weighted by Crippen LogP contribution is -2.42. The van der Waals surface area contributed by atoms with Crippen LogP contribution in [0.3, 0.4) is 0 Å². The Bertz CT molecular complexity index is 334. The molecular weight excluding hydrogens is 236 g/mol. The van der Waals surface area contributed by atoms with Gasteiger partial charge in [-0.25, -0.2) is 8.42 Å². The van der Waals surface area contributed by atoms with E-state index in [1.165, 1.54) is 19.3 Å². The van der Waals surface area contributed by atoms with Crippen LogP contribution in [0.5, 0.6) is 0 Å². The molecule has 17 heavy (non-hydrogen) atoms. The molecule has 100 valence electrons. The summed E-state index contributed by atoms with van der Waals surface area (Å²) in [6, 6.07) is 0.310. The SMILES string of the molecule is CNCCC1CCN(C2CCS(=O)(=O)C2)CC1. The van der Waals surface area contributed by atoms with E-state index >= 15 is 0 Å². The number of nitrogens with zero attached hydrogens (tertiary/aromatic N) is 1. The van der Waals surface area contributed by atoms with Crippen LogP contribution in [0.1, 0.15) is 25.7 Å². The first kappa shape index (κ1) is 13.3. The van der Waals surface area contributed by atoms with Crippen molar-refractivity contribution >= 4 is 9.84 Å². The highest BCUT2D eigenvalue weighted by molar-refractivity contribution is 7.91. The van der Waals surface area contributed by atoms with Gasteiger partial charge in [-0.05, 0) is 58.3 Å². The molecular formula is C12H24N2O2S. The summed E-state index contributed by atoms with van der Waals surface area (Å²) in [6.45, 7) is 3.28. The number of rotatable bonds is 4. The van der Waals surface area contributed by atoms with Gasteiger partial charge in [-0.2, -0.15) is 0 Å². The zero-order valence-corrected chi connectivity index (χ0v) is 11.5. The third-order valence-corrected chi connectivity index (χ3v) is 5.93. The minimum absolute atomic E-state index is 0.310. The van der Waals surface area contributed by atoms with E-state index in [0.717, 1.165) is 32.0 Å². The van der Waals surface area contributed by atoms with E-state index in [1.807, 2.05) is 7.05 Å². The van der Waals surface area contributed by atoms with Gasteiger partial charge in [-0.3, -0.25) is 4.90 Å². The molecule has 0 aromatic heterocycles. The van der Waals surface area contributed by atoms with E-state index in [0.29, 0.717) is 17.5 Å². The number of sulfone groups is 1. The van der Waals surface area contributed by atoms with Crippen molar-refractivity contribution in [2.24, 2.45) is 5.92 Å². The predicted octanol–water partition coefficient (Wildman–Crippen LogP) is 0.495. The molecule has 0 aliphatic carbocycles. The Kier molecular flexibility index (Phi) is 4.44. The van der Waals surface area contributed by atoms with Crippen LogP contribution in [-0.4, -0.2) is 57.5 Å². The van der Waals surface area contributed by atoms with Crippen LogP contribution in [0.25, 0.3) is 0 Å². The molecule has 2 fully saturated rings. The standard InChI is InChI=1S/C12H24N2O2S/c1-13-6-2-11-3-7-14(8-4-11)12-5-9-17(15,16)10-12/h11-13H,2-10H2,1H3. The molecule has 1 atom stereocenters. The molecule has 2 rings (SSSR count). The molecule has 0 bridgehead atoms. The Morgan fingerprint density at radius 1 is 1.24 bits per heavy atom. The molecule has 0 amide bonds. The summed E-state index contributed by atoms with van der Waals surface area (Å²) >= 11 is 0. The van der Waals surface area contributed by atoms with Crippen molar-refractivity contribution in [1.29, 1.82) is 0 Å². The Hall–Kier alpha value is -0.130. The van der Waals surface area contributed by atoms with Crippen molar-refractivity contribution in [2.45, 2.75) is 31.7 Å². The number of nitrogens with one attached hydrogen (secondary N) is 1. The van der Waals surface area contributed by atoms with Gasteiger partial charge < -0.3 is 5.32 Å². The first-order valence-corrected chi connectivity index (χ1v) is 8.52. The molecule has 5 heteroatoms. The number of piperidine rings is 1. The highest BCUT2D eigenvalue weighted by Gasteiger charge is 2.33. The molecule has 2 saturated heterocycles. The second-order valence-corrected chi connectivity index (χ2v) is 7.66. The van der Waals surface area contributed by atoms with Gasteiger partial charge in [0.25, 0.3) is 0 Å². The summed E-state index contributed by atoms with van der Waals surface area (Å²) in [5, 5.41) is 3.20. The monoisotopic (exact) mass is 260 g/mol. The molecule has 2 aliphatic rings.